The summed E-state index contributed by atoms with van der Waals surface area (Å²) in [4.78, 5) is 10.9. The average molecular weight is 140 g/mol. The lowest BCUT2D eigenvalue weighted by Crippen LogP contribution is -2.19. The Kier molecular flexibility index (Phi) is 1.31. The van der Waals surface area contributed by atoms with E-state index in [4.69, 9.17) is 4.74 Å². The van der Waals surface area contributed by atoms with Crippen LogP contribution in [-0.2, 0) is 9.53 Å². The summed E-state index contributed by atoms with van der Waals surface area (Å²) in [5, 5.41) is 0. The maximum absolute atomic E-state index is 10.9. The lowest BCUT2D eigenvalue weighted by atomic mass is 9.87. The Hall–Kier alpha value is -0.370. The Morgan fingerprint density at radius 3 is 2.80 bits per heavy atom. The first-order valence-electron chi connectivity index (χ1n) is 3.93. The van der Waals surface area contributed by atoms with Crippen molar-refractivity contribution in [3.8, 4) is 0 Å². The molecule has 2 aliphatic rings. The van der Waals surface area contributed by atoms with Gasteiger partial charge in [-0.3, -0.25) is 4.79 Å². The number of hydrogen-bond acceptors (Lipinski definition) is 2. The average Bonchev–Trinajstić information content (AvgIpc) is 2.63. The Balaban J connectivity index is 1.94. The molecule has 1 aliphatic heterocycles. The summed E-state index contributed by atoms with van der Waals surface area (Å²) < 4.78 is 5.31. The van der Waals surface area contributed by atoms with Gasteiger partial charge in [-0.05, 0) is 26.2 Å². The molecule has 10 heavy (non-hydrogen) atoms. The van der Waals surface area contributed by atoms with Crippen LogP contribution < -0.4 is 0 Å². The van der Waals surface area contributed by atoms with Gasteiger partial charge in [-0.2, -0.15) is 0 Å². The predicted octanol–water partition coefficient (Wildman–Crippen LogP) is 1.14. The minimum atomic E-state index is 0.309. The third-order valence-corrected chi connectivity index (χ3v) is 2.58. The van der Waals surface area contributed by atoms with E-state index >= 15 is 0 Å². The molecule has 56 valence electrons. The number of fused-ring (bicyclic) bond motifs is 1. The molecule has 0 aromatic carbocycles. The monoisotopic (exact) mass is 140 g/mol. The topological polar surface area (TPSA) is 29.6 Å². The van der Waals surface area contributed by atoms with Gasteiger partial charge in [0.05, 0.1) is 12.2 Å². The van der Waals surface area contributed by atoms with Crippen LogP contribution in [0.1, 0.15) is 26.2 Å². The van der Waals surface area contributed by atoms with E-state index in [1.54, 1.807) is 6.92 Å². The lowest BCUT2D eigenvalue weighted by Gasteiger charge is -2.14. The molecule has 0 N–H and O–H groups in total. The molecular weight excluding hydrogens is 128 g/mol. The van der Waals surface area contributed by atoms with Gasteiger partial charge in [0.25, 0.3) is 0 Å². The molecular formula is C8H12O2. The first kappa shape index (κ1) is 6.35. The Morgan fingerprint density at radius 2 is 2.20 bits per heavy atom. The summed E-state index contributed by atoms with van der Waals surface area (Å²) in [7, 11) is 0. The molecule has 0 aromatic rings. The maximum atomic E-state index is 10.9. The molecule has 0 amide bonds. The predicted molar refractivity (Wildman–Crippen MR) is 36.7 cm³/mol. The third kappa shape index (κ3) is 0.966. The van der Waals surface area contributed by atoms with Crippen molar-refractivity contribution in [3.05, 3.63) is 0 Å². The molecule has 0 aromatic heterocycles. The standard InChI is InChI=1S/C8H12O2/c1-5(9)6-2-3-7-8(4-6)10-7/h6-8H,2-4H2,1H3/t6-,7+,8-/m0/s1. The number of Topliss-reactive ketones (excluding diaryl/α,β-unsaturated/α-hetero) is 1. The van der Waals surface area contributed by atoms with Gasteiger partial charge in [-0.25, -0.2) is 0 Å². The van der Waals surface area contributed by atoms with Gasteiger partial charge in [-0.1, -0.05) is 0 Å². The summed E-state index contributed by atoms with van der Waals surface area (Å²) in [5.41, 5.74) is 0. The summed E-state index contributed by atoms with van der Waals surface area (Å²) in [6.45, 7) is 1.69. The van der Waals surface area contributed by atoms with Crippen LogP contribution in [0.5, 0.6) is 0 Å². The van der Waals surface area contributed by atoms with Crippen molar-refractivity contribution >= 4 is 5.78 Å². The van der Waals surface area contributed by atoms with Crippen molar-refractivity contribution in [1.29, 1.82) is 0 Å². The van der Waals surface area contributed by atoms with Crippen molar-refractivity contribution in [3.63, 3.8) is 0 Å². The minimum absolute atomic E-state index is 0.309. The van der Waals surface area contributed by atoms with E-state index in [0.29, 0.717) is 23.9 Å². The van der Waals surface area contributed by atoms with E-state index in [-0.39, 0.29) is 0 Å². The number of ether oxygens (including phenoxy) is 1. The van der Waals surface area contributed by atoms with Gasteiger partial charge >= 0.3 is 0 Å². The van der Waals surface area contributed by atoms with Crippen LogP contribution in [0.3, 0.4) is 0 Å². The summed E-state index contributed by atoms with van der Waals surface area (Å²) in [6, 6.07) is 0. The molecule has 0 spiro atoms. The van der Waals surface area contributed by atoms with E-state index < -0.39 is 0 Å². The van der Waals surface area contributed by atoms with E-state index in [1.807, 2.05) is 0 Å². The third-order valence-electron chi connectivity index (χ3n) is 2.58. The van der Waals surface area contributed by atoms with E-state index in [2.05, 4.69) is 0 Å². The van der Waals surface area contributed by atoms with Crippen LogP contribution >= 0.6 is 0 Å². The summed E-state index contributed by atoms with van der Waals surface area (Å²) in [5.74, 6) is 0.651. The maximum Gasteiger partial charge on any atom is 0.133 e. The van der Waals surface area contributed by atoms with E-state index in [1.165, 1.54) is 0 Å². The fourth-order valence-corrected chi connectivity index (χ4v) is 1.77. The van der Waals surface area contributed by atoms with Crippen molar-refractivity contribution in [1.82, 2.24) is 0 Å². The molecule has 1 aliphatic carbocycles. The van der Waals surface area contributed by atoms with Crippen LogP contribution in [0.4, 0.5) is 0 Å². The number of rotatable bonds is 1. The number of carbonyl (C=O) groups is 1. The smallest absolute Gasteiger partial charge is 0.133 e. The van der Waals surface area contributed by atoms with Gasteiger partial charge in [-0.15, -0.1) is 0 Å². The van der Waals surface area contributed by atoms with Crippen molar-refractivity contribution in [2.75, 3.05) is 0 Å². The van der Waals surface area contributed by atoms with Crippen LogP contribution in [0.25, 0.3) is 0 Å². The van der Waals surface area contributed by atoms with Crippen molar-refractivity contribution < 1.29 is 9.53 Å². The van der Waals surface area contributed by atoms with Crippen LogP contribution in [-0.4, -0.2) is 18.0 Å². The largest absolute Gasteiger partial charge is 0.370 e. The molecule has 3 atom stereocenters. The number of ketones is 1. The highest BCUT2D eigenvalue weighted by Crippen LogP contribution is 2.39. The minimum Gasteiger partial charge on any atom is -0.370 e. The fraction of sp³-hybridized carbons (Fsp3) is 0.875. The SMILES string of the molecule is CC(=O)[C@H]1CC[C@H]2O[C@H]2C1. The first-order chi connectivity index (χ1) is 4.77. The zero-order valence-electron chi connectivity index (χ0n) is 6.17. The van der Waals surface area contributed by atoms with Crippen LogP contribution in [0.15, 0.2) is 0 Å². The van der Waals surface area contributed by atoms with Crippen molar-refractivity contribution in [2.45, 2.75) is 38.4 Å². The van der Waals surface area contributed by atoms with Crippen LogP contribution in [0.2, 0.25) is 0 Å². The molecule has 2 rings (SSSR count). The highest BCUT2D eigenvalue weighted by atomic mass is 16.6. The van der Waals surface area contributed by atoms with Gasteiger partial charge in [0.2, 0.25) is 0 Å². The molecule has 1 saturated carbocycles. The molecule has 0 unspecified atom stereocenters. The Bertz CT molecular complexity index is 165. The number of epoxide rings is 1. The zero-order valence-corrected chi connectivity index (χ0v) is 6.17. The van der Waals surface area contributed by atoms with Gasteiger partial charge < -0.3 is 4.74 Å². The Labute approximate surface area is 60.6 Å². The Morgan fingerprint density at radius 1 is 1.40 bits per heavy atom. The second-order valence-electron chi connectivity index (χ2n) is 3.33. The molecule has 0 bridgehead atoms. The lowest BCUT2D eigenvalue weighted by molar-refractivity contribution is -0.121. The number of hydrogen-bond donors (Lipinski definition) is 0. The fourth-order valence-electron chi connectivity index (χ4n) is 1.77. The van der Waals surface area contributed by atoms with Gasteiger partial charge in [0.15, 0.2) is 0 Å². The van der Waals surface area contributed by atoms with Crippen LogP contribution in [0, 0.1) is 5.92 Å². The van der Waals surface area contributed by atoms with E-state index in [9.17, 15) is 4.79 Å². The first-order valence-corrected chi connectivity index (χ1v) is 3.93. The highest BCUT2D eigenvalue weighted by Gasteiger charge is 2.44. The molecule has 2 heteroatoms. The van der Waals surface area contributed by atoms with Crippen molar-refractivity contribution in [2.24, 2.45) is 5.92 Å². The van der Waals surface area contributed by atoms with Gasteiger partial charge in [0, 0.05) is 5.92 Å². The van der Waals surface area contributed by atoms with E-state index in [0.717, 1.165) is 19.3 Å². The number of carbonyl (C=O) groups excluding carboxylic acids is 1. The summed E-state index contributed by atoms with van der Waals surface area (Å²) >= 11 is 0. The normalized spacial score (nSPS) is 44.3. The highest BCUT2D eigenvalue weighted by molar-refractivity contribution is 5.78. The zero-order chi connectivity index (χ0) is 7.14. The molecule has 2 nitrogen and oxygen atoms in total. The molecule has 1 heterocycles. The van der Waals surface area contributed by atoms with Gasteiger partial charge in [0.1, 0.15) is 5.78 Å². The molecule has 0 radical (unpaired) electrons. The quantitative estimate of drug-likeness (QED) is 0.511. The second kappa shape index (κ2) is 2.06. The second-order valence-corrected chi connectivity index (χ2v) is 3.33. The molecule has 1 saturated heterocycles. The molecule has 2 fully saturated rings. The summed E-state index contributed by atoms with van der Waals surface area (Å²) in [6.07, 6.45) is 4.11.